The normalized spacial score (nSPS) is 16.2. The molecule has 1 aromatic carbocycles. The predicted molar refractivity (Wildman–Crippen MR) is 88.2 cm³/mol. The summed E-state index contributed by atoms with van der Waals surface area (Å²) in [5.74, 6) is 0.631. The Morgan fingerprint density at radius 1 is 1.13 bits per heavy atom. The lowest BCUT2D eigenvalue weighted by molar-refractivity contribution is 0.240. The number of anilines is 1. The first-order chi connectivity index (χ1) is 11.1. The standard InChI is InChI=1S/C16H12ClN5O/c1-21-13-9-18-14(10-5-3-2-4-6-10)15-11(7-8-12(17)19-15)22(13)16(23)20-21/h2-9H,1H3,(H,20,23). The molecule has 23 heavy (non-hydrogen) atoms. The van der Waals surface area contributed by atoms with E-state index in [2.05, 4.69) is 15.4 Å². The van der Waals surface area contributed by atoms with E-state index in [1.807, 2.05) is 30.3 Å². The molecule has 2 aromatic rings. The van der Waals surface area contributed by atoms with Crippen LogP contribution >= 0.6 is 11.6 Å². The Morgan fingerprint density at radius 2 is 1.91 bits per heavy atom. The molecule has 0 atom stereocenters. The number of hydrazine groups is 1. The molecule has 4 rings (SSSR count). The smallest absolute Gasteiger partial charge is 0.270 e. The van der Waals surface area contributed by atoms with Gasteiger partial charge in [-0.05, 0) is 12.1 Å². The van der Waals surface area contributed by atoms with Gasteiger partial charge in [-0.2, -0.15) is 0 Å². The van der Waals surface area contributed by atoms with E-state index in [9.17, 15) is 4.79 Å². The molecule has 7 heteroatoms. The fourth-order valence-corrected chi connectivity index (χ4v) is 2.80. The number of amides is 2. The number of carbonyl (C=O) groups excluding carboxylic acids is 1. The van der Waals surface area contributed by atoms with Crippen LogP contribution in [-0.4, -0.2) is 28.8 Å². The monoisotopic (exact) mass is 325 g/mol. The highest BCUT2D eigenvalue weighted by atomic mass is 35.5. The predicted octanol–water partition coefficient (Wildman–Crippen LogP) is 2.76. The maximum absolute atomic E-state index is 12.3. The average Bonchev–Trinajstić information content (AvgIpc) is 2.74. The maximum atomic E-state index is 12.3. The zero-order valence-corrected chi connectivity index (χ0v) is 12.9. The Bertz CT molecular complexity index is 862. The van der Waals surface area contributed by atoms with Crippen molar-refractivity contribution in [2.45, 2.75) is 0 Å². The SMILES string of the molecule is CN1NC(=O)N2C1=CN=C(c1ccccc1)c1nc(Cl)ccc12. The quantitative estimate of drug-likeness (QED) is 0.820. The van der Waals surface area contributed by atoms with Gasteiger partial charge in [0.05, 0.1) is 17.6 Å². The first-order valence-corrected chi connectivity index (χ1v) is 7.38. The fraction of sp³-hybridized carbons (Fsp3) is 0.0625. The lowest BCUT2D eigenvalue weighted by atomic mass is 10.1. The van der Waals surface area contributed by atoms with Crippen molar-refractivity contribution in [3.63, 3.8) is 0 Å². The summed E-state index contributed by atoms with van der Waals surface area (Å²) < 4.78 is 0. The summed E-state index contributed by atoms with van der Waals surface area (Å²) >= 11 is 6.08. The maximum Gasteiger partial charge on any atom is 0.346 e. The Hall–Kier alpha value is -2.86. The molecule has 0 saturated carbocycles. The molecule has 1 fully saturated rings. The zero-order chi connectivity index (χ0) is 16.0. The van der Waals surface area contributed by atoms with Crippen LogP contribution in [0.25, 0.3) is 0 Å². The van der Waals surface area contributed by atoms with Crippen molar-refractivity contribution >= 4 is 29.0 Å². The third-order valence-electron chi connectivity index (χ3n) is 3.70. The second kappa shape index (κ2) is 5.10. The van der Waals surface area contributed by atoms with E-state index in [0.717, 1.165) is 5.56 Å². The number of hydrogen-bond acceptors (Lipinski definition) is 4. The summed E-state index contributed by atoms with van der Waals surface area (Å²) in [4.78, 5) is 22.8. The Morgan fingerprint density at radius 3 is 2.70 bits per heavy atom. The van der Waals surface area contributed by atoms with Gasteiger partial charge < -0.3 is 0 Å². The molecule has 6 nitrogen and oxygen atoms in total. The van der Waals surface area contributed by atoms with Crippen molar-refractivity contribution in [2.24, 2.45) is 4.99 Å². The summed E-state index contributed by atoms with van der Waals surface area (Å²) in [6, 6.07) is 12.9. The number of nitrogens with zero attached hydrogens (tertiary/aromatic N) is 4. The van der Waals surface area contributed by atoms with Crippen LogP contribution in [0.1, 0.15) is 11.3 Å². The van der Waals surface area contributed by atoms with Crippen LogP contribution in [0.15, 0.2) is 59.5 Å². The minimum atomic E-state index is -0.256. The molecule has 114 valence electrons. The summed E-state index contributed by atoms with van der Waals surface area (Å²) in [6.07, 6.45) is 1.65. The number of aromatic nitrogens is 1. The number of urea groups is 1. The topological polar surface area (TPSA) is 60.8 Å². The van der Waals surface area contributed by atoms with Gasteiger partial charge >= 0.3 is 6.03 Å². The van der Waals surface area contributed by atoms with Crippen LogP contribution in [0.2, 0.25) is 5.15 Å². The van der Waals surface area contributed by atoms with E-state index in [-0.39, 0.29) is 6.03 Å². The molecule has 1 N–H and O–H groups in total. The minimum absolute atomic E-state index is 0.256. The molecule has 3 heterocycles. The number of pyridine rings is 1. The molecule has 0 radical (unpaired) electrons. The molecule has 2 aliphatic rings. The highest BCUT2D eigenvalue weighted by Gasteiger charge is 2.35. The van der Waals surface area contributed by atoms with Crippen molar-refractivity contribution in [1.29, 1.82) is 0 Å². The van der Waals surface area contributed by atoms with Gasteiger partial charge in [-0.25, -0.2) is 20.1 Å². The third-order valence-corrected chi connectivity index (χ3v) is 3.91. The van der Waals surface area contributed by atoms with Gasteiger partial charge in [0.15, 0.2) is 5.82 Å². The van der Waals surface area contributed by atoms with Gasteiger partial charge in [0, 0.05) is 12.6 Å². The highest BCUT2D eigenvalue weighted by molar-refractivity contribution is 6.30. The lowest BCUT2D eigenvalue weighted by Crippen LogP contribution is -2.30. The number of aliphatic imine (C=N–C) groups is 1. The van der Waals surface area contributed by atoms with Crippen LogP contribution < -0.4 is 10.3 Å². The zero-order valence-electron chi connectivity index (χ0n) is 12.2. The average molecular weight is 326 g/mol. The Labute approximate surface area is 137 Å². The van der Waals surface area contributed by atoms with E-state index in [1.54, 1.807) is 30.4 Å². The molecular weight excluding hydrogens is 314 g/mol. The number of halogens is 1. The van der Waals surface area contributed by atoms with E-state index >= 15 is 0 Å². The number of carbonyl (C=O) groups is 1. The van der Waals surface area contributed by atoms with Gasteiger partial charge in [-0.15, -0.1) is 0 Å². The van der Waals surface area contributed by atoms with Gasteiger partial charge in [0.2, 0.25) is 0 Å². The highest BCUT2D eigenvalue weighted by Crippen LogP contribution is 2.32. The molecule has 0 bridgehead atoms. The van der Waals surface area contributed by atoms with E-state index in [0.29, 0.717) is 28.1 Å². The fourth-order valence-electron chi connectivity index (χ4n) is 2.66. The Balaban J connectivity index is 1.98. The number of benzene rings is 1. The summed E-state index contributed by atoms with van der Waals surface area (Å²) in [5, 5.41) is 1.97. The molecule has 0 unspecified atom stereocenters. The molecular formula is C16H12ClN5O. The molecule has 1 saturated heterocycles. The second-order valence-corrected chi connectivity index (χ2v) is 5.53. The van der Waals surface area contributed by atoms with E-state index < -0.39 is 0 Å². The van der Waals surface area contributed by atoms with Gasteiger partial charge in [0.25, 0.3) is 0 Å². The Kier molecular flexibility index (Phi) is 3.06. The second-order valence-electron chi connectivity index (χ2n) is 5.14. The lowest BCUT2D eigenvalue weighted by Gasteiger charge is -2.18. The van der Waals surface area contributed by atoms with Crippen molar-refractivity contribution in [3.05, 3.63) is 70.9 Å². The minimum Gasteiger partial charge on any atom is -0.270 e. The summed E-state index contributed by atoms with van der Waals surface area (Å²) in [5.41, 5.74) is 5.51. The van der Waals surface area contributed by atoms with E-state index in [1.165, 1.54) is 4.90 Å². The van der Waals surface area contributed by atoms with Crippen LogP contribution in [0.5, 0.6) is 0 Å². The number of fused-ring (bicyclic) bond motifs is 3. The molecule has 0 spiro atoms. The first-order valence-electron chi connectivity index (χ1n) is 7.00. The summed E-state index contributed by atoms with van der Waals surface area (Å²) in [6.45, 7) is 0. The molecule has 1 aromatic heterocycles. The first kappa shape index (κ1) is 13.8. The van der Waals surface area contributed by atoms with Crippen LogP contribution in [0.4, 0.5) is 10.5 Å². The number of hydrogen-bond donors (Lipinski definition) is 1. The summed E-state index contributed by atoms with van der Waals surface area (Å²) in [7, 11) is 1.76. The van der Waals surface area contributed by atoms with Gasteiger partial charge in [0.1, 0.15) is 10.8 Å². The molecule has 2 amide bonds. The molecule has 2 aliphatic heterocycles. The number of rotatable bonds is 1. The largest absolute Gasteiger partial charge is 0.346 e. The van der Waals surface area contributed by atoms with Gasteiger partial charge in [-0.1, -0.05) is 41.9 Å². The van der Waals surface area contributed by atoms with Crippen LogP contribution in [0.3, 0.4) is 0 Å². The van der Waals surface area contributed by atoms with Gasteiger partial charge in [-0.3, -0.25) is 10.0 Å². The van der Waals surface area contributed by atoms with Crippen molar-refractivity contribution in [1.82, 2.24) is 15.4 Å². The van der Waals surface area contributed by atoms with Crippen molar-refractivity contribution < 1.29 is 4.79 Å². The molecule has 0 aliphatic carbocycles. The third kappa shape index (κ3) is 2.15. The van der Waals surface area contributed by atoms with Crippen molar-refractivity contribution in [3.8, 4) is 0 Å². The van der Waals surface area contributed by atoms with Crippen LogP contribution in [-0.2, 0) is 0 Å². The van der Waals surface area contributed by atoms with Crippen molar-refractivity contribution in [2.75, 3.05) is 11.9 Å². The van der Waals surface area contributed by atoms with E-state index in [4.69, 9.17) is 11.6 Å². The van der Waals surface area contributed by atoms with Crippen LogP contribution in [0, 0.1) is 0 Å². The number of nitrogens with one attached hydrogen (secondary N) is 1.